The molecule has 3 nitrogen and oxygen atoms in total. The van der Waals surface area contributed by atoms with E-state index in [1.807, 2.05) is 0 Å². The maximum atomic E-state index is 13.9. The summed E-state index contributed by atoms with van der Waals surface area (Å²) in [4.78, 5) is 8.22. The summed E-state index contributed by atoms with van der Waals surface area (Å²) in [5, 5.41) is 2.89. The third-order valence-corrected chi connectivity index (χ3v) is 2.75. The Morgan fingerprint density at radius 1 is 1.25 bits per heavy atom. The number of nitrogens with one attached hydrogen (secondary N) is 1. The standard InChI is InChI=1S/C11H9BrFN3/c1-14-11-10(15-5-6-16-11)7-3-2-4-8(12)9(7)13/h2-6H,1H3,(H,14,16). The number of aromatic nitrogens is 2. The van der Waals surface area contributed by atoms with Crippen molar-refractivity contribution < 1.29 is 4.39 Å². The quantitative estimate of drug-likeness (QED) is 0.919. The molecule has 0 spiro atoms. The van der Waals surface area contributed by atoms with Gasteiger partial charge in [0.05, 0.1) is 4.47 Å². The van der Waals surface area contributed by atoms with Gasteiger partial charge < -0.3 is 5.32 Å². The molecule has 16 heavy (non-hydrogen) atoms. The Kier molecular flexibility index (Phi) is 3.14. The van der Waals surface area contributed by atoms with E-state index in [1.165, 1.54) is 6.20 Å². The highest BCUT2D eigenvalue weighted by atomic mass is 79.9. The predicted molar refractivity (Wildman–Crippen MR) is 64.7 cm³/mol. The van der Waals surface area contributed by atoms with E-state index in [2.05, 4.69) is 31.2 Å². The molecule has 0 saturated carbocycles. The molecule has 1 aromatic heterocycles. The zero-order valence-corrected chi connectivity index (χ0v) is 10.1. The number of hydrogen-bond donors (Lipinski definition) is 1. The molecule has 2 aromatic rings. The molecule has 82 valence electrons. The van der Waals surface area contributed by atoms with Crippen molar-refractivity contribution in [1.82, 2.24) is 9.97 Å². The number of hydrogen-bond acceptors (Lipinski definition) is 3. The SMILES string of the molecule is CNc1nccnc1-c1cccc(Br)c1F. The Morgan fingerprint density at radius 3 is 2.75 bits per heavy atom. The minimum Gasteiger partial charge on any atom is -0.371 e. The van der Waals surface area contributed by atoms with Crippen molar-refractivity contribution in [3.8, 4) is 11.3 Å². The van der Waals surface area contributed by atoms with Crippen molar-refractivity contribution in [2.75, 3.05) is 12.4 Å². The topological polar surface area (TPSA) is 37.8 Å². The summed E-state index contributed by atoms with van der Waals surface area (Å²) >= 11 is 3.15. The van der Waals surface area contributed by atoms with E-state index in [9.17, 15) is 4.39 Å². The number of nitrogens with zero attached hydrogens (tertiary/aromatic N) is 2. The van der Waals surface area contributed by atoms with Gasteiger partial charge in [-0.25, -0.2) is 9.37 Å². The van der Waals surface area contributed by atoms with Crippen LogP contribution >= 0.6 is 15.9 Å². The van der Waals surface area contributed by atoms with E-state index in [4.69, 9.17) is 0 Å². The second-order valence-electron chi connectivity index (χ2n) is 3.10. The van der Waals surface area contributed by atoms with Crippen LogP contribution in [0.3, 0.4) is 0 Å². The van der Waals surface area contributed by atoms with Crippen LogP contribution in [0.4, 0.5) is 10.2 Å². The Labute approximate surface area is 101 Å². The molecule has 2 rings (SSSR count). The first-order valence-electron chi connectivity index (χ1n) is 4.67. The van der Waals surface area contributed by atoms with Crippen LogP contribution in [0, 0.1) is 5.82 Å². The number of anilines is 1. The van der Waals surface area contributed by atoms with Crippen LogP contribution in [-0.2, 0) is 0 Å². The van der Waals surface area contributed by atoms with Crippen molar-refractivity contribution in [3.63, 3.8) is 0 Å². The molecular formula is C11H9BrFN3. The van der Waals surface area contributed by atoms with Gasteiger partial charge in [0.1, 0.15) is 11.5 Å². The summed E-state index contributed by atoms with van der Waals surface area (Å²) in [6.07, 6.45) is 3.10. The summed E-state index contributed by atoms with van der Waals surface area (Å²) < 4.78 is 14.3. The maximum Gasteiger partial charge on any atom is 0.152 e. The van der Waals surface area contributed by atoms with Crippen molar-refractivity contribution >= 4 is 21.7 Å². The van der Waals surface area contributed by atoms with Crippen LogP contribution < -0.4 is 5.32 Å². The Hall–Kier alpha value is -1.49. The van der Waals surface area contributed by atoms with E-state index in [0.29, 0.717) is 21.5 Å². The molecular weight excluding hydrogens is 273 g/mol. The van der Waals surface area contributed by atoms with E-state index < -0.39 is 0 Å². The highest BCUT2D eigenvalue weighted by Gasteiger charge is 2.13. The van der Waals surface area contributed by atoms with Crippen molar-refractivity contribution in [2.45, 2.75) is 0 Å². The lowest BCUT2D eigenvalue weighted by molar-refractivity contribution is 0.624. The zero-order chi connectivity index (χ0) is 11.5. The molecule has 1 heterocycles. The largest absolute Gasteiger partial charge is 0.371 e. The molecule has 5 heteroatoms. The van der Waals surface area contributed by atoms with E-state index in [0.717, 1.165) is 0 Å². The molecule has 0 aliphatic carbocycles. The van der Waals surface area contributed by atoms with Crippen LogP contribution in [0.2, 0.25) is 0 Å². The Morgan fingerprint density at radius 2 is 2.00 bits per heavy atom. The lowest BCUT2D eigenvalue weighted by Crippen LogP contribution is -1.98. The van der Waals surface area contributed by atoms with Gasteiger partial charge in [0.25, 0.3) is 0 Å². The van der Waals surface area contributed by atoms with Crippen LogP contribution in [0.5, 0.6) is 0 Å². The molecule has 0 aliphatic heterocycles. The van der Waals surface area contributed by atoms with Gasteiger partial charge in [-0.3, -0.25) is 4.98 Å². The number of rotatable bonds is 2. The third-order valence-electron chi connectivity index (χ3n) is 2.14. The lowest BCUT2D eigenvalue weighted by Gasteiger charge is -2.08. The molecule has 1 N–H and O–H groups in total. The number of halogens is 2. The van der Waals surface area contributed by atoms with E-state index >= 15 is 0 Å². The van der Waals surface area contributed by atoms with Crippen molar-refractivity contribution in [3.05, 3.63) is 40.9 Å². The third kappa shape index (κ3) is 1.90. The van der Waals surface area contributed by atoms with Crippen LogP contribution in [-0.4, -0.2) is 17.0 Å². The average molecular weight is 282 g/mol. The predicted octanol–water partition coefficient (Wildman–Crippen LogP) is 3.09. The van der Waals surface area contributed by atoms with Gasteiger partial charge in [-0.2, -0.15) is 0 Å². The summed E-state index contributed by atoms with van der Waals surface area (Å²) in [6.45, 7) is 0. The highest BCUT2D eigenvalue weighted by molar-refractivity contribution is 9.10. The Bertz CT molecular complexity index is 516. The fourth-order valence-corrected chi connectivity index (χ4v) is 1.77. The first-order valence-corrected chi connectivity index (χ1v) is 5.46. The second kappa shape index (κ2) is 4.57. The molecule has 0 saturated heterocycles. The first-order chi connectivity index (χ1) is 7.74. The van der Waals surface area contributed by atoms with Crippen molar-refractivity contribution in [2.24, 2.45) is 0 Å². The minimum absolute atomic E-state index is 0.334. The highest BCUT2D eigenvalue weighted by Crippen LogP contribution is 2.29. The van der Waals surface area contributed by atoms with E-state index in [1.54, 1.807) is 31.4 Å². The minimum atomic E-state index is -0.334. The molecule has 0 aliphatic rings. The molecule has 0 amide bonds. The van der Waals surface area contributed by atoms with E-state index in [-0.39, 0.29) is 5.82 Å². The second-order valence-corrected chi connectivity index (χ2v) is 3.96. The van der Waals surface area contributed by atoms with Gasteiger partial charge in [0.15, 0.2) is 5.82 Å². The van der Waals surface area contributed by atoms with Gasteiger partial charge in [0, 0.05) is 25.0 Å². The monoisotopic (exact) mass is 281 g/mol. The van der Waals surface area contributed by atoms with Gasteiger partial charge in [-0.1, -0.05) is 6.07 Å². The van der Waals surface area contributed by atoms with Gasteiger partial charge in [-0.05, 0) is 28.1 Å². The zero-order valence-electron chi connectivity index (χ0n) is 8.54. The van der Waals surface area contributed by atoms with Crippen LogP contribution in [0.1, 0.15) is 0 Å². The van der Waals surface area contributed by atoms with Gasteiger partial charge in [-0.15, -0.1) is 0 Å². The van der Waals surface area contributed by atoms with Crippen LogP contribution in [0.25, 0.3) is 11.3 Å². The molecule has 0 fully saturated rings. The summed E-state index contributed by atoms with van der Waals surface area (Å²) in [5.74, 6) is 0.221. The fraction of sp³-hybridized carbons (Fsp3) is 0.0909. The molecule has 0 unspecified atom stereocenters. The molecule has 0 bridgehead atoms. The summed E-state index contributed by atoms with van der Waals surface area (Å²) in [7, 11) is 1.73. The first kappa shape index (κ1) is 11.0. The van der Waals surface area contributed by atoms with Crippen molar-refractivity contribution in [1.29, 1.82) is 0 Å². The maximum absolute atomic E-state index is 13.9. The smallest absolute Gasteiger partial charge is 0.152 e. The van der Waals surface area contributed by atoms with Gasteiger partial charge in [0.2, 0.25) is 0 Å². The van der Waals surface area contributed by atoms with Gasteiger partial charge >= 0.3 is 0 Å². The normalized spacial score (nSPS) is 10.2. The van der Waals surface area contributed by atoms with Crippen LogP contribution in [0.15, 0.2) is 35.1 Å². The Balaban J connectivity index is 2.63. The summed E-state index contributed by atoms with van der Waals surface area (Å²) in [5.41, 5.74) is 0.927. The molecule has 0 radical (unpaired) electrons. The summed E-state index contributed by atoms with van der Waals surface area (Å²) in [6, 6.07) is 5.08. The lowest BCUT2D eigenvalue weighted by atomic mass is 10.1. The molecule has 0 atom stereocenters. The molecule has 1 aromatic carbocycles. The fourth-order valence-electron chi connectivity index (χ4n) is 1.40. The number of benzene rings is 1. The average Bonchev–Trinajstić information content (AvgIpc) is 2.33.